The van der Waals surface area contributed by atoms with Crippen LogP contribution in [0, 0.1) is 5.92 Å². The number of hydrogen-bond donors (Lipinski definition) is 2. The number of piperidine rings is 1. The number of aromatic hydroxyl groups is 1. The van der Waals surface area contributed by atoms with Crippen LogP contribution < -0.4 is 10.2 Å². The van der Waals surface area contributed by atoms with Crippen LogP contribution >= 0.6 is 24.0 Å². The summed E-state index contributed by atoms with van der Waals surface area (Å²) in [5, 5.41) is 13.6. The number of rotatable bonds is 4. The number of piperazine rings is 1. The van der Waals surface area contributed by atoms with Gasteiger partial charge in [0.1, 0.15) is 11.4 Å². The fourth-order valence-corrected chi connectivity index (χ4v) is 4.24. The maximum absolute atomic E-state index is 12.4. The molecule has 1 unspecified atom stereocenters. The molecule has 2 saturated heterocycles. The van der Waals surface area contributed by atoms with E-state index in [0.717, 1.165) is 63.8 Å². The number of amides is 1. The lowest BCUT2D eigenvalue weighted by Crippen LogP contribution is -2.52. The number of halogens is 1. The van der Waals surface area contributed by atoms with Crippen molar-refractivity contribution in [1.82, 2.24) is 15.1 Å². The number of ether oxygens (including phenoxy) is 1. The molecule has 9 heteroatoms. The molecule has 3 rings (SSSR count). The molecule has 33 heavy (non-hydrogen) atoms. The average Bonchev–Trinajstić information content (AvgIpc) is 2.76. The van der Waals surface area contributed by atoms with E-state index in [1.165, 1.54) is 0 Å². The second-order valence-corrected chi connectivity index (χ2v) is 9.59. The number of aliphatic imine (C=N–C) groups is 1. The minimum absolute atomic E-state index is 0. The van der Waals surface area contributed by atoms with Crippen LogP contribution in [0.2, 0.25) is 0 Å². The molecule has 0 radical (unpaired) electrons. The summed E-state index contributed by atoms with van der Waals surface area (Å²) in [5.74, 6) is 1.60. The summed E-state index contributed by atoms with van der Waals surface area (Å²) >= 11 is 0. The minimum Gasteiger partial charge on any atom is -0.506 e. The minimum atomic E-state index is -0.473. The van der Waals surface area contributed by atoms with Gasteiger partial charge in [0.2, 0.25) is 0 Å². The van der Waals surface area contributed by atoms with Crippen molar-refractivity contribution in [3.8, 4) is 5.75 Å². The predicted octanol–water partition coefficient (Wildman–Crippen LogP) is 3.74. The number of likely N-dealkylation sites (tertiary alicyclic amines) is 1. The van der Waals surface area contributed by atoms with Crippen LogP contribution in [-0.4, -0.2) is 84.9 Å². The van der Waals surface area contributed by atoms with Crippen LogP contribution in [0.4, 0.5) is 10.5 Å². The highest BCUT2D eigenvalue weighted by molar-refractivity contribution is 14.0. The lowest BCUT2D eigenvalue weighted by atomic mass is 9.98. The quantitative estimate of drug-likeness (QED) is 0.325. The summed E-state index contributed by atoms with van der Waals surface area (Å²) in [6.45, 7) is 14.1. The highest BCUT2D eigenvalue weighted by atomic mass is 127. The Morgan fingerprint density at radius 2 is 1.85 bits per heavy atom. The summed E-state index contributed by atoms with van der Waals surface area (Å²) in [4.78, 5) is 23.7. The van der Waals surface area contributed by atoms with Gasteiger partial charge in [-0.2, -0.15) is 0 Å². The van der Waals surface area contributed by atoms with Crippen LogP contribution in [0.1, 0.15) is 40.5 Å². The summed E-state index contributed by atoms with van der Waals surface area (Å²) in [5.41, 5.74) is 0.414. The molecular formula is C24H40IN5O3. The number of nitrogens with zero attached hydrogens (tertiary/aromatic N) is 4. The van der Waals surface area contributed by atoms with Crippen molar-refractivity contribution < 1.29 is 14.6 Å². The molecule has 0 saturated carbocycles. The van der Waals surface area contributed by atoms with Gasteiger partial charge in [-0.1, -0.05) is 12.1 Å². The molecule has 2 fully saturated rings. The third-order valence-electron chi connectivity index (χ3n) is 5.81. The Kier molecular flexibility index (Phi) is 10.4. The van der Waals surface area contributed by atoms with Crippen molar-refractivity contribution in [3.63, 3.8) is 0 Å². The first-order chi connectivity index (χ1) is 15.3. The van der Waals surface area contributed by atoms with Crippen LogP contribution in [-0.2, 0) is 4.74 Å². The van der Waals surface area contributed by atoms with E-state index in [1.54, 1.807) is 6.07 Å². The van der Waals surface area contributed by atoms with E-state index in [1.807, 2.05) is 43.9 Å². The van der Waals surface area contributed by atoms with E-state index in [2.05, 4.69) is 22.0 Å². The molecule has 1 atom stereocenters. The first-order valence-electron chi connectivity index (χ1n) is 11.8. The number of hydrogen-bond acceptors (Lipinski definition) is 5. The number of benzene rings is 1. The van der Waals surface area contributed by atoms with E-state index in [-0.39, 0.29) is 30.1 Å². The number of carbonyl (C=O) groups excluding carboxylic acids is 1. The summed E-state index contributed by atoms with van der Waals surface area (Å²) in [6, 6.07) is 7.50. The van der Waals surface area contributed by atoms with Gasteiger partial charge in [-0.25, -0.2) is 4.79 Å². The van der Waals surface area contributed by atoms with Gasteiger partial charge in [0.15, 0.2) is 5.96 Å². The first-order valence-corrected chi connectivity index (χ1v) is 11.8. The molecule has 0 bridgehead atoms. The lowest BCUT2D eigenvalue weighted by Gasteiger charge is -2.38. The third kappa shape index (κ3) is 8.12. The fourth-order valence-electron chi connectivity index (χ4n) is 4.24. The number of para-hydroxylation sites is 2. The van der Waals surface area contributed by atoms with Crippen molar-refractivity contribution in [2.45, 2.75) is 46.1 Å². The van der Waals surface area contributed by atoms with Crippen LogP contribution in [0.5, 0.6) is 5.75 Å². The second-order valence-electron chi connectivity index (χ2n) is 9.59. The third-order valence-corrected chi connectivity index (χ3v) is 5.81. The summed E-state index contributed by atoms with van der Waals surface area (Å²) in [6.07, 6.45) is 1.83. The zero-order chi connectivity index (χ0) is 23.1. The lowest BCUT2D eigenvalue weighted by molar-refractivity contribution is 0.0170. The molecular weight excluding hydrogens is 533 g/mol. The van der Waals surface area contributed by atoms with Crippen molar-refractivity contribution >= 4 is 41.7 Å². The van der Waals surface area contributed by atoms with Crippen LogP contribution in [0.25, 0.3) is 0 Å². The Hall–Kier alpha value is -1.91. The van der Waals surface area contributed by atoms with Gasteiger partial charge in [0.25, 0.3) is 0 Å². The standard InChI is InChI=1S/C24H39N5O3.HI/c1-5-25-22(28-15-13-27(14-16-28)20-10-6-7-11-21(20)30)26-17-19-9-8-12-29(18-19)23(31)32-24(2,3)4;/h6-7,10-11,19,30H,5,8-9,12-18H2,1-4H3,(H,25,26);1H. The molecule has 0 aromatic heterocycles. The predicted molar refractivity (Wildman–Crippen MR) is 144 cm³/mol. The normalized spacial score (nSPS) is 19.7. The Balaban J connectivity index is 0.00000385. The maximum Gasteiger partial charge on any atom is 0.410 e. The van der Waals surface area contributed by atoms with Gasteiger partial charge in [-0.3, -0.25) is 4.99 Å². The van der Waals surface area contributed by atoms with Crippen molar-refractivity contribution in [3.05, 3.63) is 24.3 Å². The highest BCUT2D eigenvalue weighted by Crippen LogP contribution is 2.27. The molecule has 1 aromatic carbocycles. The second kappa shape index (κ2) is 12.5. The average molecular weight is 574 g/mol. The Morgan fingerprint density at radius 3 is 2.48 bits per heavy atom. The molecule has 1 amide bonds. The molecule has 0 aliphatic carbocycles. The van der Waals surface area contributed by atoms with E-state index in [4.69, 9.17) is 9.73 Å². The van der Waals surface area contributed by atoms with Gasteiger partial charge in [-0.15, -0.1) is 24.0 Å². The highest BCUT2D eigenvalue weighted by Gasteiger charge is 2.28. The van der Waals surface area contributed by atoms with E-state index < -0.39 is 5.60 Å². The number of phenolic OH excluding ortho intramolecular Hbond substituents is 1. The molecule has 0 spiro atoms. The van der Waals surface area contributed by atoms with Crippen molar-refractivity contribution in [2.24, 2.45) is 10.9 Å². The summed E-state index contributed by atoms with van der Waals surface area (Å²) in [7, 11) is 0. The zero-order valence-electron chi connectivity index (χ0n) is 20.4. The molecule has 186 valence electrons. The first kappa shape index (κ1) is 27.3. The SMILES string of the molecule is CCNC(=NCC1CCCN(C(=O)OC(C)(C)C)C1)N1CCN(c2ccccc2O)CC1.I. The summed E-state index contributed by atoms with van der Waals surface area (Å²) < 4.78 is 5.55. The molecule has 2 aliphatic rings. The van der Waals surface area contributed by atoms with Crippen LogP contribution in [0.3, 0.4) is 0 Å². The topological polar surface area (TPSA) is 80.6 Å². The monoisotopic (exact) mass is 573 g/mol. The fraction of sp³-hybridized carbons (Fsp3) is 0.667. The number of carbonyl (C=O) groups is 1. The molecule has 2 N–H and O–H groups in total. The number of guanidine groups is 1. The Morgan fingerprint density at radius 1 is 1.15 bits per heavy atom. The van der Waals surface area contributed by atoms with Gasteiger partial charge >= 0.3 is 6.09 Å². The van der Waals surface area contributed by atoms with E-state index in [0.29, 0.717) is 24.8 Å². The van der Waals surface area contributed by atoms with Gasteiger partial charge in [-0.05, 0) is 58.6 Å². The smallest absolute Gasteiger partial charge is 0.410 e. The van der Waals surface area contributed by atoms with Gasteiger partial charge < -0.3 is 29.9 Å². The van der Waals surface area contributed by atoms with Gasteiger partial charge in [0, 0.05) is 52.4 Å². The maximum atomic E-state index is 12.4. The Labute approximate surface area is 215 Å². The van der Waals surface area contributed by atoms with Crippen LogP contribution in [0.15, 0.2) is 29.3 Å². The number of nitrogens with one attached hydrogen (secondary N) is 1. The number of anilines is 1. The number of phenols is 1. The molecule has 2 aliphatic heterocycles. The van der Waals surface area contributed by atoms with Gasteiger partial charge in [0.05, 0.1) is 5.69 Å². The van der Waals surface area contributed by atoms with Crippen molar-refractivity contribution in [1.29, 1.82) is 0 Å². The molecule has 2 heterocycles. The largest absolute Gasteiger partial charge is 0.506 e. The molecule has 1 aromatic rings. The molecule has 8 nitrogen and oxygen atoms in total. The zero-order valence-corrected chi connectivity index (χ0v) is 22.7. The van der Waals surface area contributed by atoms with Crippen molar-refractivity contribution in [2.75, 3.05) is 57.3 Å². The van der Waals surface area contributed by atoms with E-state index >= 15 is 0 Å². The Bertz CT molecular complexity index is 791. The van der Waals surface area contributed by atoms with E-state index in [9.17, 15) is 9.90 Å².